The summed E-state index contributed by atoms with van der Waals surface area (Å²) in [6.45, 7) is 0.611. The number of hydrogen-bond acceptors (Lipinski definition) is 4. The smallest absolute Gasteiger partial charge is 0.138 e. The highest BCUT2D eigenvalue weighted by Crippen LogP contribution is 2.23. The van der Waals surface area contributed by atoms with Gasteiger partial charge in [0.25, 0.3) is 0 Å². The summed E-state index contributed by atoms with van der Waals surface area (Å²) in [4.78, 5) is 3.99. The monoisotopic (exact) mass is 347 g/mol. The summed E-state index contributed by atoms with van der Waals surface area (Å²) < 4.78 is 13.8. The Bertz CT molecular complexity index is 500. The summed E-state index contributed by atoms with van der Waals surface area (Å²) in [5.74, 6) is 0.504. The van der Waals surface area contributed by atoms with Gasteiger partial charge in [-0.2, -0.15) is 5.10 Å². The highest BCUT2D eigenvalue weighted by atomic mass is 127. The van der Waals surface area contributed by atoms with E-state index in [0.717, 1.165) is 5.82 Å². The number of nitrogen functional groups attached to an aromatic ring is 1. The lowest BCUT2D eigenvalue weighted by Crippen LogP contribution is -2.08. The van der Waals surface area contributed by atoms with E-state index < -0.39 is 0 Å². The number of nitrogens with zero attached hydrogens (tertiary/aromatic N) is 2. The van der Waals surface area contributed by atoms with Crippen LogP contribution in [0.3, 0.4) is 0 Å². The first kappa shape index (κ1) is 12.1. The molecule has 1 heterocycles. The molecule has 4 N–H and O–H groups in total. The largest absolute Gasteiger partial charge is 0.397 e. The van der Waals surface area contributed by atoms with Gasteiger partial charge in [0, 0.05) is 19.0 Å². The van der Waals surface area contributed by atoms with Crippen LogP contribution in [0.5, 0.6) is 0 Å². The third-order valence-electron chi connectivity index (χ3n) is 2.23. The Kier molecular flexibility index (Phi) is 3.77. The van der Waals surface area contributed by atoms with Crippen molar-refractivity contribution in [2.45, 2.75) is 6.42 Å². The summed E-state index contributed by atoms with van der Waals surface area (Å²) >= 11 is 1.91. The van der Waals surface area contributed by atoms with E-state index in [-0.39, 0.29) is 5.82 Å². The van der Waals surface area contributed by atoms with Crippen molar-refractivity contribution < 1.29 is 4.39 Å². The third-order valence-corrected chi connectivity index (χ3v) is 3.06. The van der Waals surface area contributed by atoms with E-state index in [2.05, 4.69) is 20.5 Å². The number of hydrogen-bond donors (Lipinski definition) is 3. The van der Waals surface area contributed by atoms with Crippen molar-refractivity contribution >= 4 is 34.0 Å². The second-order valence-electron chi connectivity index (χ2n) is 3.46. The van der Waals surface area contributed by atoms with Crippen molar-refractivity contribution in [3.8, 4) is 0 Å². The van der Waals surface area contributed by atoms with Crippen LogP contribution in [0.15, 0.2) is 18.5 Å². The Morgan fingerprint density at radius 1 is 1.47 bits per heavy atom. The van der Waals surface area contributed by atoms with Gasteiger partial charge in [0.1, 0.15) is 18.0 Å². The normalized spacial score (nSPS) is 10.5. The lowest BCUT2D eigenvalue weighted by Gasteiger charge is -2.09. The maximum absolute atomic E-state index is 13.3. The molecule has 5 nitrogen and oxygen atoms in total. The van der Waals surface area contributed by atoms with Crippen molar-refractivity contribution in [1.82, 2.24) is 15.2 Å². The van der Waals surface area contributed by atoms with Crippen molar-refractivity contribution in [2.75, 3.05) is 17.6 Å². The van der Waals surface area contributed by atoms with E-state index in [1.54, 1.807) is 6.07 Å². The molecule has 1 aromatic carbocycles. The molecule has 0 aliphatic carbocycles. The van der Waals surface area contributed by atoms with Crippen LogP contribution in [-0.4, -0.2) is 21.7 Å². The van der Waals surface area contributed by atoms with Gasteiger partial charge in [-0.25, -0.2) is 9.37 Å². The first-order valence-corrected chi connectivity index (χ1v) is 6.07. The van der Waals surface area contributed by atoms with Gasteiger partial charge in [0.15, 0.2) is 0 Å². The van der Waals surface area contributed by atoms with E-state index in [4.69, 9.17) is 5.73 Å². The number of benzene rings is 1. The first-order valence-electron chi connectivity index (χ1n) is 4.99. The number of H-pyrrole nitrogens is 1. The minimum absolute atomic E-state index is 0.276. The topological polar surface area (TPSA) is 79.6 Å². The van der Waals surface area contributed by atoms with E-state index in [1.165, 1.54) is 12.4 Å². The highest BCUT2D eigenvalue weighted by Gasteiger charge is 2.05. The van der Waals surface area contributed by atoms with Crippen LogP contribution in [0.2, 0.25) is 0 Å². The average Bonchev–Trinajstić information content (AvgIpc) is 2.78. The maximum atomic E-state index is 13.3. The molecule has 0 spiro atoms. The van der Waals surface area contributed by atoms with Crippen molar-refractivity contribution in [1.29, 1.82) is 0 Å². The minimum Gasteiger partial charge on any atom is -0.397 e. The number of nitrogens with two attached hydrogens (primary N) is 1. The number of nitrogens with one attached hydrogen (secondary N) is 2. The van der Waals surface area contributed by atoms with E-state index >= 15 is 0 Å². The quantitative estimate of drug-likeness (QED) is 0.582. The molecule has 0 amide bonds. The Morgan fingerprint density at radius 2 is 2.29 bits per heavy atom. The Hall–Kier alpha value is -1.38. The first-order chi connectivity index (χ1) is 8.16. The number of anilines is 2. The lowest BCUT2D eigenvalue weighted by molar-refractivity contribution is 0.621. The zero-order chi connectivity index (χ0) is 12.3. The SMILES string of the molecule is Nc1cc(I)c(F)cc1NCCc1ncn[nH]1. The van der Waals surface area contributed by atoms with Crippen molar-refractivity contribution in [3.63, 3.8) is 0 Å². The second-order valence-corrected chi connectivity index (χ2v) is 4.62. The number of aromatic amines is 1. The molecule has 7 heteroatoms. The zero-order valence-electron chi connectivity index (χ0n) is 8.87. The molecule has 1 aromatic heterocycles. The van der Waals surface area contributed by atoms with Crippen molar-refractivity contribution in [2.24, 2.45) is 0 Å². The van der Waals surface area contributed by atoms with Gasteiger partial charge >= 0.3 is 0 Å². The van der Waals surface area contributed by atoms with Crippen molar-refractivity contribution in [3.05, 3.63) is 33.7 Å². The van der Waals surface area contributed by atoms with Gasteiger partial charge in [-0.1, -0.05) is 0 Å². The molecule has 0 atom stereocenters. The molecular formula is C10H11FIN5. The summed E-state index contributed by atoms with van der Waals surface area (Å²) in [6.07, 6.45) is 2.13. The molecule has 0 radical (unpaired) electrons. The number of halogens is 2. The molecule has 2 rings (SSSR count). The molecular weight excluding hydrogens is 336 g/mol. The van der Waals surface area contributed by atoms with Gasteiger partial charge in [-0.3, -0.25) is 5.10 Å². The fraction of sp³-hybridized carbons (Fsp3) is 0.200. The molecule has 0 fully saturated rings. The molecule has 0 unspecified atom stereocenters. The molecule has 17 heavy (non-hydrogen) atoms. The highest BCUT2D eigenvalue weighted by molar-refractivity contribution is 14.1. The molecule has 0 aliphatic heterocycles. The second kappa shape index (κ2) is 5.30. The van der Waals surface area contributed by atoms with Crippen LogP contribution in [0, 0.1) is 9.39 Å². The van der Waals surface area contributed by atoms with Crippen LogP contribution < -0.4 is 11.1 Å². The van der Waals surface area contributed by atoms with E-state index in [9.17, 15) is 4.39 Å². The lowest BCUT2D eigenvalue weighted by atomic mass is 10.2. The van der Waals surface area contributed by atoms with Crippen LogP contribution in [0.25, 0.3) is 0 Å². The Morgan fingerprint density at radius 3 is 3.00 bits per heavy atom. The fourth-order valence-electron chi connectivity index (χ4n) is 1.38. The van der Waals surface area contributed by atoms with Gasteiger partial charge in [0.2, 0.25) is 0 Å². The van der Waals surface area contributed by atoms with Crippen LogP contribution >= 0.6 is 22.6 Å². The maximum Gasteiger partial charge on any atom is 0.138 e. The predicted molar refractivity (Wildman–Crippen MR) is 72.1 cm³/mol. The van der Waals surface area contributed by atoms with Gasteiger partial charge in [-0.15, -0.1) is 0 Å². The molecule has 0 aliphatic rings. The minimum atomic E-state index is -0.276. The number of aromatic nitrogens is 3. The molecule has 90 valence electrons. The van der Waals surface area contributed by atoms with Crippen LogP contribution in [0.4, 0.5) is 15.8 Å². The standard InChI is InChI=1S/C10H11FIN5/c11-6-3-9(8(13)4-7(6)12)14-2-1-10-15-5-16-17-10/h3-5,14H,1-2,13H2,(H,15,16,17). The van der Waals surface area contributed by atoms with Gasteiger partial charge in [0.05, 0.1) is 14.9 Å². The Labute approximate surface area is 111 Å². The van der Waals surface area contributed by atoms with Gasteiger partial charge in [-0.05, 0) is 28.7 Å². The zero-order valence-corrected chi connectivity index (χ0v) is 11.0. The third kappa shape index (κ3) is 3.05. The van der Waals surface area contributed by atoms with Gasteiger partial charge < -0.3 is 11.1 Å². The summed E-state index contributed by atoms with van der Waals surface area (Å²) in [5, 5.41) is 9.56. The molecule has 0 saturated carbocycles. The van der Waals surface area contributed by atoms with Crippen LogP contribution in [0.1, 0.15) is 5.82 Å². The summed E-state index contributed by atoms with van der Waals surface area (Å²) in [6, 6.07) is 3.00. The number of rotatable bonds is 4. The molecule has 0 bridgehead atoms. The Balaban J connectivity index is 1.97. The summed E-state index contributed by atoms with van der Waals surface area (Å²) in [5.41, 5.74) is 6.91. The summed E-state index contributed by atoms with van der Waals surface area (Å²) in [7, 11) is 0. The van der Waals surface area contributed by atoms with E-state index in [1.807, 2.05) is 22.6 Å². The molecule has 2 aromatic rings. The molecule has 0 saturated heterocycles. The fourth-order valence-corrected chi connectivity index (χ4v) is 1.87. The van der Waals surface area contributed by atoms with E-state index in [0.29, 0.717) is 27.9 Å². The van der Waals surface area contributed by atoms with Crippen LogP contribution in [-0.2, 0) is 6.42 Å². The average molecular weight is 347 g/mol. The predicted octanol–water partition coefficient (Wildman–Crippen LogP) is 1.79.